The number of likely N-dealkylation sites (tertiary alicyclic amines) is 1. The zero-order chi connectivity index (χ0) is 13.1. The highest BCUT2D eigenvalue weighted by Crippen LogP contribution is 2.23. The van der Waals surface area contributed by atoms with Crippen molar-refractivity contribution in [2.24, 2.45) is 5.92 Å². The van der Waals surface area contributed by atoms with Gasteiger partial charge in [0.25, 0.3) is 0 Å². The molecule has 0 aromatic carbocycles. The Hall–Kier alpha value is -0.770. The molecule has 0 aliphatic carbocycles. The van der Waals surface area contributed by atoms with Gasteiger partial charge < -0.3 is 14.7 Å². The molecule has 17 heavy (non-hydrogen) atoms. The lowest BCUT2D eigenvalue weighted by molar-refractivity contribution is 0.0266. The summed E-state index contributed by atoms with van der Waals surface area (Å²) in [7, 11) is 0. The van der Waals surface area contributed by atoms with Crippen LogP contribution >= 0.6 is 0 Å². The largest absolute Gasteiger partial charge is 0.444 e. The van der Waals surface area contributed by atoms with Gasteiger partial charge in [-0.2, -0.15) is 0 Å². The van der Waals surface area contributed by atoms with Gasteiger partial charge in [0.1, 0.15) is 5.60 Å². The van der Waals surface area contributed by atoms with Crippen molar-refractivity contribution in [1.29, 1.82) is 0 Å². The Labute approximate surface area is 104 Å². The van der Waals surface area contributed by atoms with Crippen LogP contribution < -0.4 is 0 Å². The molecule has 100 valence electrons. The van der Waals surface area contributed by atoms with E-state index in [9.17, 15) is 9.90 Å². The van der Waals surface area contributed by atoms with E-state index in [1.54, 1.807) is 4.90 Å². The van der Waals surface area contributed by atoms with Crippen LogP contribution in [0, 0.1) is 5.92 Å². The van der Waals surface area contributed by atoms with E-state index in [0.717, 1.165) is 19.3 Å². The fraction of sp³-hybridized carbons (Fsp3) is 0.923. The molecule has 2 atom stereocenters. The molecule has 1 fully saturated rings. The quantitative estimate of drug-likeness (QED) is 0.828. The number of hydrogen-bond donors (Lipinski definition) is 1. The van der Waals surface area contributed by atoms with Crippen LogP contribution in [0.2, 0.25) is 0 Å². The second kappa shape index (κ2) is 5.71. The number of ether oxygens (including phenoxy) is 1. The molecule has 1 aliphatic heterocycles. The summed E-state index contributed by atoms with van der Waals surface area (Å²) in [6.07, 6.45) is 2.12. The second-order valence-corrected chi connectivity index (χ2v) is 5.83. The van der Waals surface area contributed by atoms with E-state index < -0.39 is 5.60 Å². The number of rotatable bonds is 3. The number of nitrogens with zero attached hydrogens (tertiary/aromatic N) is 1. The molecule has 1 rings (SSSR count). The summed E-state index contributed by atoms with van der Waals surface area (Å²) < 4.78 is 5.32. The standard InChI is InChI=1S/C13H25NO3/c1-5-6-11(15)10-7-8-14(9-10)12(16)17-13(2,3)4/h10-11,15H,5-9H2,1-4H3/t10?,11-/m1/s1. The van der Waals surface area contributed by atoms with Gasteiger partial charge >= 0.3 is 6.09 Å². The van der Waals surface area contributed by atoms with Crippen LogP contribution in [0.3, 0.4) is 0 Å². The van der Waals surface area contributed by atoms with Crippen molar-refractivity contribution < 1.29 is 14.6 Å². The van der Waals surface area contributed by atoms with Gasteiger partial charge in [0, 0.05) is 19.0 Å². The molecule has 4 nitrogen and oxygen atoms in total. The fourth-order valence-corrected chi connectivity index (χ4v) is 2.13. The lowest BCUT2D eigenvalue weighted by atomic mass is 9.98. The van der Waals surface area contributed by atoms with Gasteiger partial charge in [-0.05, 0) is 33.6 Å². The van der Waals surface area contributed by atoms with Crippen LogP contribution in [-0.4, -0.2) is 40.9 Å². The highest BCUT2D eigenvalue weighted by Gasteiger charge is 2.32. The van der Waals surface area contributed by atoms with Gasteiger partial charge in [0.05, 0.1) is 6.10 Å². The summed E-state index contributed by atoms with van der Waals surface area (Å²) in [5, 5.41) is 9.90. The van der Waals surface area contributed by atoms with Gasteiger partial charge in [0.2, 0.25) is 0 Å². The maximum atomic E-state index is 11.8. The molecule has 1 N–H and O–H groups in total. The molecular formula is C13H25NO3. The molecule has 0 spiro atoms. The SMILES string of the molecule is CCC[C@@H](O)C1CCN(C(=O)OC(C)(C)C)C1. The first kappa shape index (κ1) is 14.3. The first-order valence-electron chi connectivity index (χ1n) is 6.49. The number of aliphatic hydroxyl groups excluding tert-OH is 1. The van der Waals surface area contributed by atoms with Crippen molar-refractivity contribution in [2.45, 2.75) is 58.7 Å². The lowest BCUT2D eigenvalue weighted by Crippen LogP contribution is -2.36. The van der Waals surface area contributed by atoms with Crippen molar-refractivity contribution in [2.75, 3.05) is 13.1 Å². The number of carbonyl (C=O) groups excluding carboxylic acids is 1. The fourth-order valence-electron chi connectivity index (χ4n) is 2.13. The Morgan fingerprint density at radius 2 is 2.18 bits per heavy atom. The highest BCUT2D eigenvalue weighted by molar-refractivity contribution is 5.68. The Bertz CT molecular complexity index is 260. The van der Waals surface area contributed by atoms with E-state index in [0.29, 0.717) is 13.1 Å². The zero-order valence-electron chi connectivity index (χ0n) is 11.4. The van der Waals surface area contributed by atoms with E-state index in [4.69, 9.17) is 4.74 Å². The van der Waals surface area contributed by atoms with Crippen molar-refractivity contribution in [3.8, 4) is 0 Å². The summed E-state index contributed by atoms with van der Waals surface area (Å²) in [6.45, 7) is 8.97. The third kappa shape index (κ3) is 4.54. The van der Waals surface area contributed by atoms with E-state index in [-0.39, 0.29) is 18.1 Å². The smallest absolute Gasteiger partial charge is 0.410 e. The van der Waals surface area contributed by atoms with E-state index in [1.807, 2.05) is 20.8 Å². The van der Waals surface area contributed by atoms with Crippen LogP contribution in [0.4, 0.5) is 4.79 Å². The summed E-state index contributed by atoms with van der Waals surface area (Å²) in [4.78, 5) is 13.5. The highest BCUT2D eigenvalue weighted by atomic mass is 16.6. The predicted molar refractivity (Wildman–Crippen MR) is 66.8 cm³/mol. The molecular weight excluding hydrogens is 218 g/mol. The van der Waals surface area contributed by atoms with Crippen molar-refractivity contribution in [3.63, 3.8) is 0 Å². The number of aliphatic hydroxyl groups is 1. The number of amides is 1. The minimum atomic E-state index is -0.447. The van der Waals surface area contributed by atoms with Crippen LogP contribution in [0.5, 0.6) is 0 Å². The topological polar surface area (TPSA) is 49.8 Å². The third-order valence-corrected chi connectivity index (χ3v) is 3.00. The van der Waals surface area contributed by atoms with Crippen molar-refractivity contribution in [3.05, 3.63) is 0 Å². The minimum absolute atomic E-state index is 0.211. The van der Waals surface area contributed by atoms with Gasteiger partial charge in [-0.25, -0.2) is 4.79 Å². The Balaban J connectivity index is 2.42. The Kier molecular flexibility index (Phi) is 4.80. The maximum Gasteiger partial charge on any atom is 0.410 e. The van der Waals surface area contributed by atoms with Gasteiger partial charge in [0.15, 0.2) is 0 Å². The monoisotopic (exact) mass is 243 g/mol. The summed E-state index contributed by atoms with van der Waals surface area (Å²) in [6, 6.07) is 0. The molecule has 1 saturated heterocycles. The zero-order valence-corrected chi connectivity index (χ0v) is 11.4. The maximum absolute atomic E-state index is 11.8. The molecule has 0 bridgehead atoms. The van der Waals surface area contributed by atoms with Crippen LogP contribution in [0.15, 0.2) is 0 Å². The van der Waals surface area contributed by atoms with Gasteiger partial charge in [-0.15, -0.1) is 0 Å². The molecule has 0 aromatic heterocycles. The third-order valence-electron chi connectivity index (χ3n) is 3.00. The Morgan fingerprint density at radius 1 is 1.53 bits per heavy atom. The van der Waals surface area contributed by atoms with E-state index in [2.05, 4.69) is 6.92 Å². The van der Waals surface area contributed by atoms with Gasteiger partial charge in [-0.3, -0.25) is 0 Å². The summed E-state index contributed by atoms with van der Waals surface area (Å²) in [5.41, 5.74) is -0.447. The first-order valence-corrected chi connectivity index (χ1v) is 6.49. The average molecular weight is 243 g/mol. The molecule has 1 amide bonds. The predicted octanol–water partition coefficient (Wildman–Crippen LogP) is 2.40. The molecule has 1 unspecified atom stereocenters. The molecule has 0 aromatic rings. The lowest BCUT2D eigenvalue weighted by Gasteiger charge is -2.25. The molecule has 0 radical (unpaired) electrons. The van der Waals surface area contributed by atoms with Crippen LogP contribution in [0.1, 0.15) is 47.0 Å². The molecule has 0 saturated carbocycles. The summed E-state index contributed by atoms with van der Waals surface area (Å²) in [5.74, 6) is 0.211. The average Bonchev–Trinajstić information content (AvgIpc) is 2.63. The first-order chi connectivity index (χ1) is 7.83. The summed E-state index contributed by atoms with van der Waals surface area (Å²) >= 11 is 0. The molecule has 4 heteroatoms. The van der Waals surface area contributed by atoms with E-state index >= 15 is 0 Å². The normalized spacial score (nSPS) is 22.6. The van der Waals surface area contributed by atoms with Crippen LogP contribution in [-0.2, 0) is 4.74 Å². The molecule has 1 heterocycles. The van der Waals surface area contributed by atoms with Crippen molar-refractivity contribution >= 4 is 6.09 Å². The Morgan fingerprint density at radius 3 is 2.71 bits per heavy atom. The second-order valence-electron chi connectivity index (χ2n) is 5.83. The molecule has 1 aliphatic rings. The van der Waals surface area contributed by atoms with Crippen LogP contribution in [0.25, 0.3) is 0 Å². The van der Waals surface area contributed by atoms with E-state index in [1.165, 1.54) is 0 Å². The number of hydrogen-bond acceptors (Lipinski definition) is 3. The number of carbonyl (C=O) groups is 1. The van der Waals surface area contributed by atoms with Gasteiger partial charge in [-0.1, -0.05) is 13.3 Å². The van der Waals surface area contributed by atoms with Crippen molar-refractivity contribution in [1.82, 2.24) is 4.90 Å². The minimum Gasteiger partial charge on any atom is -0.444 e.